The topological polar surface area (TPSA) is 94.6 Å². The first-order valence-electron chi connectivity index (χ1n) is 11.8. The minimum Gasteiger partial charge on any atom is -0.493 e. The van der Waals surface area contributed by atoms with Gasteiger partial charge < -0.3 is 20.2 Å². The van der Waals surface area contributed by atoms with Crippen LogP contribution in [0, 0.1) is 20.8 Å². The summed E-state index contributed by atoms with van der Waals surface area (Å²) >= 11 is 0. The molecule has 0 aliphatic rings. The number of primary amides is 1. The molecule has 0 radical (unpaired) electrons. The highest BCUT2D eigenvalue weighted by Crippen LogP contribution is 2.41. The Morgan fingerprint density at radius 2 is 1.83 bits per heavy atom. The Kier molecular flexibility index (Phi) is 6.97. The molecule has 0 bridgehead atoms. The summed E-state index contributed by atoms with van der Waals surface area (Å²) in [4.78, 5) is 24.3. The van der Waals surface area contributed by atoms with Gasteiger partial charge in [-0.2, -0.15) is 0 Å². The molecule has 0 fully saturated rings. The average Bonchev–Trinajstić information content (AvgIpc) is 3.24. The Balaban J connectivity index is 1.77. The molecule has 1 aromatic heterocycles. The van der Waals surface area contributed by atoms with Crippen molar-refractivity contribution >= 4 is 34.0 Å². The second-order valence-electron chi connectivity index (χ2n) is 8.92. The van der Waals surface area contributed by atoms with Gasteiger partial charge in [-0.3, -0.25) is 9.59 Å². The van der Waals surface area contributed by atoms with Gasteiger partial charge in [0.05, 0.1) is 12.9 Å². The zero-order chi connectivity index (χ0) is 26.0. The van der Waals surface area contributed by atoms with Crippen LogP contribution in [-0.4, -0.2) is 18.4 Å². The van der Waals surface area contributed by atoms with Crippen molar-refractivity contribution in [3.63, 3.8) is 0 Å². The van der Waals surface area contributed by atoms with Crippen LogP contribution in [0.25, 0.3) is 27.7 Å². The first kappa shape index (κ1) is 24.8. The Hall–Kier alpha value is -4.32. The third kappa shape index (κ3) is 4.89. The summed E-state index contributed by atoms with van der Waals surface area (Å²) in [7, 11) is 0. The smallest absolute Gasteiger partial charge is 0.248 e. The van der Waals surface area contributed by atoms with Gasteiger partial charge in [-0.05, 0) is 75.6 Å². The number of carbonyl (C=O) groups is 2. The number of carbonyl (C=O) groups excluding carboxylic acids is 2. The highest BCUT2D eigenvalue weighted by molar-refractivity contribution is 6.06. The summed E-state index contributed by atoms with van der Waals surface area (Å²) < 4.78 is 12.0. The van der Waals surface area contributed by atoms with Gasteiger partial charge in [-0.15, -0.1) is 0 Å². The summed E-state index contributed by atoms with van der Waals surface area (Å²) in [5.74, 6) is -0.192. The molecule has 3 N–H and O–H groups in total. The Labute approximate surface area is 210 Å². The largest absolute Gasteiger partial charge is 0.493 e. The van der Waals surface area contributed by atoms with Gasteiger partial charge in [0.15, 0.2) is 0 Å². The Morgan fingerprint density at radius 1 is 1.06 bits per heavy atom. The molecule has 0 saturated heterocycles. The number of nitrogens with one attached hydrogen (secondary N) is 1. The SMILES string of the molecule is CCOc1c(/C(C)=C/C(=O)Nc2cccc(C(N)=O)c2)cc2c(-c3ccc(C)cc3C)coc2c1C. The fourth-order valence-corrected chi connectivity index (χ4v) is 4.47. The summed E-state index contributed by atoms with van der Waals surface area (Å²) in [5.41, 5.74) is 13.8. The zero-order valence-electron chi connectivity index (χ0n) is 21.2. The number of nitrogens with two attached hydrogens (primary N) is 1. The molecule has 1 heterocycles. The second-order valence-corrected chi connectivity index (χ2v) is 8.92. The number of anilines is 1. The van der Waals surface area contributed by atoms with Crippen LogP contribution in [-0.2, 0) is 4.79 Å². The first-order chi connectivity index (χ1) is 17.2. The van der Waals surface area contributed by atoms with Crippen molar-refractivity contribution in [3.8, 4) is 16.9 Å². The van der Waals surface area contributed by atoms with Crippen molar-refractivity contribution < 1.29 is 18.7 Å². The fraction of sp³-hybridized carbons (Fsp3) is 0.200. The second kappa shape index (κ2) is 10.1. The molecule has 4 aromatic rings. The predicted molar refractivity (Wildman–Crippen MR) is 144 cm³/mol. The Morgan fingerprint density at radius 3 is 2.53 bits per heavy atom. The molecule has 6 heteroatoms. The lowest BCUT2D eigenvalue weighted by Crippen LogP contribution is -2.13. The molecule has 184 valence electrons. The lowest BCUT2D eigenvalue weighted by atomic mass is 9.94. The lowest BCUT2D eigenvalue weighted by Gasteiger charge is -2.15. The molecule has 0 aliphatic heterocycles. The van der Waals surface area contributed by atoms with E-state index in [9.17, 15) is 9.59 Å². The number of fused-ring (bicyclic) bond motifs is 1. The molecule has 0 aliphatic carbocycles. The highest BCUT2D eigenvalue weighted by atomic mass is 16.5. The third-order valence-corrected chi connectivity index (χ3v) is 6.19. The van der Waals surface area contributed by atoms with E-state index in [1.165, 1.54) is 11.6 Å². The fourth-order valence-electron chi connectivity index (χ4n) is 4.47. The van der Waals surface area contributed by atoms with Gasteiger partial charge in [0, 0.05) is 39.4 Å². The van der Waals surface area contributed by atoms with E-state index in [4.69, 9.17) is 14.9 Å². The van der Waals surface area contributed by atoms with E-state index in [1.54, 1.807) is 30.5 Å². The molecular formula is C30H30N2O4. The summed E-state index contributed by atoms with van der Waals surface area (Å²) in [6, 6.07) is 14.9. The molecule has 3 aromatic carbocycles. The van der Waals surface area contributed by atoms with Gasteiger partial charge in [0.1, 0.15) is 11.3 Å². The number of benzene rings is 3. The number of aryl methyl sites for hydroxylation is 3. The summed E-state index contributed by atoms with van der Waals surface area (Å²) in [6.45, 7) is 10.4. The van der Waals surface area contributed by atoms with Gasteiger partial charge in [0.2, 0.25) is 11.8 Å². The number of hydrogen-bond acceptors (Lipinski definition) is 4. The molecule has 0 unspecified atom stereocenters. The predicted octanol–water partition coefficient (Wildman–Crippen LogP) is 6.56. The molecule has 36 heavy (non-hydrogen) atoms. The van der Waals surface area contributed by atoms with Crippen LogP contribution in [0.4, 0.5) is 5.69 Å². The van der Waals surface area contributed by atoms with Gasteiger partial charge in [-0.25, -0.2) is 0 Å². The van der Waals surface area contributed by atoms with E-state index in [0.29, 0.717) is 23.6 Å². The number of rotatable bonds is 7. The van der Waals surface area contributed by atoms with Crippen LogP contribution in [0.2, 0.25) is 0 Å². The number of allylic oxidation sites excluding steroid dienone is 1. The van der Waals surface area contributed by atoms with Crippen LogP contribution in [0.1, 0.15) is 46.5 Å². The first-order valence-corrected chi connectivity index (χ1v) is 11.8. The normalized spacial score (nSPS) is 11.5. The monoisotopic (exact) mass is 482 g/mol. The highest BCUT2D eigenvalue weighted by Gasteiger charge is 2.20. The van der Waals surface area contributed by atoms with Crippen LogP contribution in [0.3, 0.4) is 0 Å². The Bertz CT molecular complexity index is 1510. The van der Waals surface area contributed by atoms with E-state index in [-0.39, 0.29) is 5.91 Å². The van der Waals surface area contributed by atoms with E-state index < -0.39 is 5.91 Å². The average molecular weight is 483 g/mol. The number of furan rings is 1. The zero-order valence-corrected chi connectivity index (χ0v) is 21.2. The number of amides is 2. The van der Waals surface area contributed by atoms with Gasteiger partial charge in [0.25, 0.3) is 0 Å². The number of ether oxygens (including phenoxy) is 1. The molecule has 2 amide bonds. The van der Waals surface area contributed by atoms with E-state index in [2.05, 4.69) is 37.4 Å². The molecule has 0 saturated carbocycles. The minimum absolute atomic E-state index is 0.323. The van der Waals surface area contributed by atoms with Crippen molar-refractivity contribution in [1.82, 2.24) is 0 Å². The summed E-state index contributed by atoms with van der Waals surface area (Å²) in [5, 5.41) is 3.76. The van der Waals surface area contributed by atoms with Crippen LogP contribution >= 0.6 is 0 Å². The standard InChI is InChI=1S/C30H30N2O4/c1-6-35-28-20(5)29-25(26(16-36-29)23-11-10-17(2)12-18(23)3)15-24(28)19(4)13-27(33)32-22-9-7-8-21(14-22)30(31)34/h7-16H,6H2,1-5H3,(H2,31,34)(H,32,33)/b19-13+. The molecule has 0 atom stereocenters. The van der Waals surface area contributed by atoms with Crippen LogP contribution in [0.5, 0.6) is 5.75 Å². The third-order valence-electron chi connectivity index (χ3n) is 6.19. The summed E-state index contributed by atoms with van der Waals surface area (Å²) in [6.07, 6.45) is 3.31. The maximum absolute atomic E-state index is 12.8. The van der Waals surface area contributed by atoms with Crippen molar-refractivity contribution in [2.75, 3.05) is 11.9 Å². The van der Waals surface area contributed by atoms with Crippen molar-refractivity contribution in [2.24, 2.45) is 5.73 Å². The maximum atomic E-state index is 12.8. The van der Waals surface area contributed by atoms with Crippen molar-refractivity contribution in [2.45, 2.75) is 34.6 Å². The van der Waals surface area contributed by atoms with E-state index >= 15 is 0 Å². The minimum atomic E-state index is -0.553. The van der Waals surface area contributed by atoms with Crippen molar-refractivity contribution in [3.05, 3.63) is 88.7 Å². The van der Waals surface area contributed by atoms with Gasteiger partial charge >= 0.3 is 0 Å². The molecule has 6 nitrogen and oxygen atoms in total. The quantitative estimate of drug-likeness (QED) is 0.292. The van der Waals surface area contributed by atoms with E-state index in [1.807, 2.05) is 26.8 Å². The lowest BCUT2D eigenvalue weighted by molar-refractivity contribution is -0.111. The molecular weight excluding hydrogens is 452 g/mol. The molecule has 0 spiro atoms. The van der Waals surface area contributed by atoms with Crippen LogP contribution < -0.4 is 15.8 Å². The van der Waals surface area contributed by atoms with Crippen molar-refractivity contribution in [1.29, 1.82) is 0 Å². The number of hydrogen-bond donors (Lipinski definition) is 2. The maximum Gasteiger partial charge on any atom is 0.248 e. The molecule has 4 rings (SSSR count). The van der Waals surface area contributed by atoms with Gasteiger partial charge in [-0.1, -0.05) is 29.8 Å². The van der Waals surface area contributed by atoms with E-state index in [0.717, 1.165) is 44.4 Å². The van der Waals surface area contributed by atoms with Crippen LogP contribution in [0.15, 0.2) is 65.3 Å².